The molecule has 19 heavy (non-hydrogen) atoms. The van der Waals surface area contributed by atoms with E-state index in [1.54, 1.807) is 6.07 Å². The van der Waals surface area contributed by atoms with Crippen LogP contribution in [-0.4, -0.2) is 13.4 Å². The summed E-state index contributed by atoms with van der Waals surface area (Å²) in [6, 6.07) is 8.99. The molecule has 0 bridgehead atoms. The lowest BCUT2D eigenvalue weighted by Crippen LogP contribution is -2.09. The summed E-state index contributed by atoms with van der Waals surface area (Å²) >= 11 is 0. The number of alkyl halides is 3. The number of benzene rings is 1. The van der Waals surface area contributed by atoms with Crippen LogP contribution in [0.5, 0.6) is 0 Å². The second-order valence-electron chi connectivity index (χ2n) is 3.69. The van der Waals surface area contributed by atoms with Gasteiger partial charge in [0.05, 0.1) is 9.79 Å². The number of nitrogens with zero attached hydrogens (tertiary/aromatic N) is 1. The SMILES string of the molecule is O=S(=O)(c1ccccc1)c1ccc(C(F)(F)F)nc1. The van der Waals surface area contributed by atoms with Crippen molar-refractivity contribution in [3.05, 3.63) is 54.4 Å². The van der Waals surface area contributed by atoms with Gasteiger partial charge in [0.25, 0.3) is 0 Å². The van der Waals surface area contributed by atoms with E-state index in [2.05, 4.69) is 4.98 Å². The van der Waals surface area contributed by atoms with E-state index < -0.39 is 21.7 Å². The minimum absolute atomic E-state index is 0.0107. The molecule has 1 heterocycles. The van der Waals surface area contributed by atoms with Crippen LogP contribution >= 0.6 is 0 Å². The zero-order chi connectivity index (χ0) is 14.1. The van der Waals surface area contributed by atoms with E-state index in [0.717, 1.165) is 6.07 Å². The van der Waals surface area contributed by atoms with Gasteiger partial charge in [-0.2, -0.15) is 13.2 Å². The van der Waals surface area contributed by atoms with E-state index in [1.807, 2.05) is 0 Å². The van der Waals surface area contributed by atoms with Crippen LogP contribution in [-0.2, 0) is 16.0 Å². The normalized spacial score (nSPS) is 12.4. The Kier molecular flexibility index (Phi) is 3.32. The first-order valence-electron chi connectivity index (χ1n) is 5.15. The second kappa shape index (κ2) is 4.65. The maximum atomic E-state index is 12.3. The highest BCUT2D eigenvalue weighted by molar-refractivity contribution is 7.91. The summed E-state index contributed by atoms with van der Waals surface area (Å²) in [5, 5.41) is 0. The van der Waals surface area contributed by atoms with Crippen molar-refractivity contribution in [2.45, 2.75) is 16.0 Å². The van der Waals surface area contributed by atoms with Crippen molar-refractivity contribution in [3.8, 4) is 0 Å². The van der Waals surface area contributed by atoms with Crippen molar-refractivity contribution < 1.29 is 21.6 Å². The molecule has 0 aliphatic heterocycles. The highest BCUT2D eigenvalue weighted by atomic mass is 32.2. The van der Waals surface area contributed by atoms with Gasteiger partial charge in [0.15, 0.2) is 0 Å². The molecule has 0 amide bonds. The highest BCUT2D eigenvalue weighted by Gasteiger charge is 2.32. The molecule has 0 N–H and O–H groups in total. The van der Waals surface area contributed by atoms with Crippen LogP contribution in [0.2, 0.25) is 0 Å². The van der Waals surface area contributed by atoms with Crippen LogP contribution in [0.4, 0.5) is 13.2 Å². The summed E-state index contributed by atoms with van der Waals surface area (Å²) in [6.45, 7) is 0. The molecule has 2 rings (SSSR count). The van der Waals surface area contributed by atoms with E-state index >= 15 is 0 Å². The molecule has 0 radical (unpaired) electrons. The quantitative estimate of drug-likeness (QED) is 0.853. The van der Waals surface area contributed by atoms with Crippen LogP contribution in [0.15, 0.2) is 58.5 Å². The Morgan fingerprint density at radius 2 is 1.53 bits per heavy atom. The number of rotatable bonds is 2. The Labute approximate surface area is 107 Å². The van der Waals surface area contributed by atoms with Gasteiger partial charge in [0.2, 0.25) is 9.84 Å². The molecule has 100 valence electrons. The summed E-state index contributed by atoms with van der Waals surface area (Å²) < 4.78 is 61.1. The van der Waals surface area contributed by atoms with Crippen molar-refractivity contribution in [2.24, 2.45) is 0 Å². The van der Waals surface area contributed by atoms with Gasteiger partial charge in [-0.15, -0.1) is 0 Å². The van der Waals surface area contributed by atoms with Crippen LogP contribution < -0.4 is 0 Å². The van der Waals surface area contributed by atoms with Gasteiger partial charge in [-0.1, -0.05) is 18.2 Å². The zero-order valence-electron chi connectivity index (χ0n) is 9.42. The lowest BCUT2D eigenvalue weighted by atomic mass is 10.3. The molecule has 0 fully saturated rings. The van der Waals surface area contributed by atoms with Crippen molar-refractivity contribution in [1.29, 1.82) is 0 Å². The second-order valence-corrected chi connectivity index (χ2v) is 5.64. The fourth-order valence-corrected chi connectivity index (χ4v) is 2.67. The minimum Gasteiger partial charge on any atom is -0.250 e. The average Bonchev–Trinajstić information content (AvgIpc) is 2.39. The molecule has 0 aliphatic rings. The predicted octanol–water partition coefficient (Wildman–Crippen LogP) is 2.93. The standard InChI is InChI=1S/C12H8F3NO2S/c13-12(14,15)11-7-6-10(8-16-11)19(17,18)9-4-2-1-3-5-9/h1-8H. The molecule has 0 spiro atoms. The molecule has 2 aromatic rings. The third-order valence-corrected chi connectivity index (χ3v) is 4.15. The molecule has 0 atom stereocenters. The number of halogens is 3. The van der Waals surface area contributed by atoms with E-state index in [1.165, 1.54) is 24.3 Å². The first-order valence-corrected chi connectivity index (χ1v) is 6.63. The number of pyridine rings is 1. The van der Waals surface area contributed by atoms with E-state index in [-0.39, 0.29) is 9.79 Å². The minimum atomic E-state index is -4.59. The third kappa shape index (κ3) is 2.76. The molecule has 0 aliphatic carbocycles. The number of aromatic nitrogens is 1. The molecule has 7 heteroatoms. The van der Waals surface area contributed by atoms with E-state index in [0.29, 0.717) is 12.3 Å². The lowest BCUT2D eigenvalue weighted by Gasteiger charge is -2.07. The zero-order valence-corrected chi connectivity index (χ0v) is 10.2. The highest BCUT2D eigenvalue weighted by Crippen LogP contribution is 2.28. The van der Waals surface area contributed by atoms with Crippen LogP contribution in [0.3, 0.4) is 0 Å². The molecule has 0 saturated carbocycles. The number of hydrogen-bond acceptors (Lipinski definition) is 3. The maximum absolute atomic E-state index is 12.3. The van der Waals surface area contributed by atoms with Crippen LogP contribution in [0.25, 0.3) is 0 Å². The summed E-state index contributed by atoms with van der Waals surface area (Å²) in [5.74, 6) is 0. The Morgan fingerprint density at radius 1 is 0.895 bits per heavy atom. The third-order valence-electron chi connectivity index (χ3n) is 2.39. The van der Waals surface area contributed by atoms with Gasteiger partial charge in [-0.3, -0.25) is 4.98 Å². The van der Waals surface area contributed by atoms with Crippen LogP contribution in [0, 0.1) is 0 Å². The van der Waals surface area contributed by atoms with Gasteiger partial charge in [0, 0.05) is 6.20 Å². The molecule has 1 aromatic heterocycles. The Hall–Kier alpha value is -1.89. The molecule has 0 saturated heterocycles. The van der Waals surface area contributed by atoms with Gasteiger partial charge in [-0.05, 0) is 24.3 Å². The first-order chi connectivity index (χ1) is 8.82. The number of sulfone groups is 1. The molecule has 0 unspecified atom stereocenters. The van der Waals surface area contributed by atoms with E-state index in [9.17, 15) is 21.6 Å². The van der Waals surface area contributed by atoms with Gasteiger partial charge in [-0.25, -0.2) is 8.42 Å². The smallest absolute Gasteiger partial charge is 0.250 e. The maximum Gasteiger partial charge on any atom is 0.433 e. The van der Waals surface area contributed by atoms with Crippen molar-refractivity contribution in [1.82, 2.24) is 4.98 Å². The topological polar surface area (TPSA) is 47.0 Å². The molecule has 3 nitrogen and oxygen atoms in total. The molecular weight excluding hydrogens is 279 g/mol. The van der Waals surface area contributed by atoms with Crippen LogP contribution in [0.1, 0.15) is 5.69 Å². The summed E-state index contributed by atoms with van der Waals surface area (Å²) in [5.41, 5.74) is -1.13. The average molecular weight is 287 g/mol. The lowest BCUT2D eigenvalue weighted by molar-refractivity contribution is -0.141. The Balaban J connectivity index is 2.43. The summed E-state index contributed by atoms with van der Waals surface area (Å²) in [6.07, 6.45) is -3.87. The van der Waals surface area contributed by atoms with E-state index in [4.69, 9.17) is 0 Å². The van der Waals surface area contributed by atoms with Gasteiger partial charge >= 0.3 is 6.18 Å². The fraction of sp³-hybridized carbons (Fsp3) is 0.0833. The molecular formula is C12H8F3NO2S. The largest absolute Gasteiger partial charge is 0.433 e. The first kappa shape index (κ1) is 13.5. The summed E-state index contributed by atoms with van der Waals surface area (Å²) in [7, 11) is -3.83. The Bertz CT molecular complexity index is 664. The monoisotopic (exact) mass is 287 g/mol. The fourth-order valence-electron chi connectivity index (χ4n) is 1.44. The Morgan fingerprint density at radius 3 is 2.00 bits per heavy atom. The summed E-state index contributed by atoms with van der Waals surface area (Å²) in [4.78, 5) is 2.88. The van der Waals surface area contributed by atoms with Crippen molar-refractivity contribution in [3.63, 3.8) is 0 Å². The predicted molar refractivity (Wildman–Crippen MR) is 61.1 cm³/mol. The van der Waals surface area contributed by atoms with Gasteiger partial charge < -0.3 is 0 Å². The van der Waals surface area contributed by atoms with Crippen molar-refractivity contribution >= 4 is 9.84 Å². The van der Waals surface area contributed by atoms with Crippen molar-refractivity contribution in [2.75, 3.05) is 0 Å². The molecule has 1 aromatic carbocycles. The van der Waals surface area contributed by atoms with Gasteiger partial charge in [0.1, 0.15) is 5.69 Å². The number of hydrogen-bond donors (Lipinski definition) is 0.